The van der Waals surface area contributed by atoms with Gasteiger partial charge in [-0.3, -0.25) is 10.1 Å². The van der Waals surface area contributed by atoms with E-state index in [1.807, 2.05) is 40.4 Å². The predicted molar refractivity (Wildman–Crippen MR) is 86.4 cm³/mol. The number of aromatic nitrogens is 1. The normalized spacial score (nSPS) is 10.3. The standard InChI is InChI=1S/C15H12N2O2S2/c1-19-12-4-2-3-10(7-12)13-9-21-15(16-13)17-14(18)11-5-6-20-8-11/h2-9H,1H3,(H,16,17,18). The number of hydrogen-bond acceptors (Lipinski definition) is 5. The Labute approximate surface area is 130 Å². The lowest BCUT2D eigenvalue weighted by Crippen LogP contribution is -2.10. The Balaban J connectivity index is 1.78. The second-order valence-electron chi connectivity index (χ2n) is 4.24. The third-order valence-corrected chi connectivity index (χ3v) is 4.31. The molecule has 3 rings (SSSR count). The molecule has 0 saturated heterocycles. The molecule has 0 unspecified atom stereocenters. The fraction of sp³-hybridized carbons (Fsp3) is 0.0667. The molecule has 6 heteroatoms. The second-order valence-corrected chi connectivity index (χ2v) is 5.87. The van der Waals surface area contributed by atoms with Gasteiger partial charge in [0, 0.05) is 16.3 Å². The van der Waals surface area contributed by atoms with Gasteiger partial charge in [-0.1, -0.05) is 12.1 Å². The molecule has 21 heavy (non-hydrogen) atoms. The van der Waals surface area contributed by atoms with Crippen LogP contribution in [0.1, 0.15) is 10.4 Å². The number of carbonyl (C=O) groups is 1. The van der Waals surface area contributed by atoms with Gasteiger partial charge in [0.25, 0.3) is 5.91 Å². The summed E-state index contributed by atoms with van der Waals surface area (Å²) in [6.07, 6.45) is 0. The van der Waals surface area contributed by atoms with Gasteiger partial charge in [-0.2, -0.15) is 11.3 Å². The molecule has 0 atom stereocenters. The zero-order chi connectivity index (χ0) is 14.7. The molecule has 1 amide bonds. The summed E-state index contributed by atoms with van der Waals surface area (Å²) >= 11 is 2.90. The summed E-state index contributed by atoms with van der Waals surface area (Å²) in [5, 5.41) is 8.99. The molecule has 0 spiro atoms. The first kappa shape index (κ1) is 13.8. The van der Waals surface area contributed by atoms with Gasteiger partial charge in [0.2, 0.25) is 0 Å². The summed E-state index contributed by atoms with van der Waals surface area (Å²) in [6.45, 7) is 0. The summed E-state index contributed by atoms with van der Waals surface area (Å²) in [5.74, 6) is 0.646. The monoisotopic (exact) mass is 316 g/mol. The molecule has 1 N–H and O–H groups in total. The van der Waals surface area contributed by atoms with Gasteiger partial charge < -0.3 is 4.74 Å². The maximum Gasteiger partial charge on any atom is 0.258 e. The molecule has 0 fully saturated rings. The molecular weight excluding hydrogens is 304 g/mol. The van der Waals surface area contributed by atoms with E-state index in [9.17, 15) is 4.79 Å². The smallest absolute Gasteiger partial charge is 0.258 e. The fourth-order valence-electron chi connectivity index (χ4n) is 1.81. The van der Waals surface area contributed by atoms with E-state index in [0.717, 1.165) is 17.0 Å². The number of benzene rings is 1. The number of nitrogens with zero attached hydrogens (tertiary/aromatic N) is 1. The van der Waals surface area contributed by atoms with Crippen LogP contribution in [0.25, 0.3) is 11.3 Å². The Kier molecular flexibility index (Phi) is 3.98. The first-order chi connectivity index (χ1) is 10.3. The molecule has 0 bridgehead atoms. The third-order valence-electron chi connectivity index (χ3n) is 2.87. The van der Waals surface area contributed by atoms with E-state index in [-0.39, 0.29) is 5.91 Å². The molecule has 106 valence electrons. The van der Waals surface area contributed by atoms with Crippen molar-refractivity contribution in [3.63, 3.8) is 0 Å². The highest BCUT2D eigenvalue weighted by atomic mass is 32.1. The van der Waals surface area contributed by atoms with Crippen molar-refractivity contribution in [2.24, 2.45) is 0 Å². The van der Waals surface area contributed by atoms with E-state index < -0.39 is 0 Å². The lowest BCUT2D eigenvalue weighted by molar-refractivity contribution is 0.102. The summed E-state index contributed by atoms with van der Waals surface area (Å²) in [6, 6.07) is 9.46. The molecule has 2 heterocycles. The average Bonchev–Trinajstić information content (AvgIpc) is 3.18. The van der Waals surface area contributed by atoms with E-state index in [4.69, 9.17) is 4.74 Å². The molecular formula is C15H12N2O2S2. The maximum atomic E-state index is 12.0. The maximum absolute atomic E-state index is 12.0. The van der Waals surface area contributed by atoms with E-state index >= 15 is 0 Å². The van der Waals surface area contributed by atoms with Crippen LogP contribution >= 0.6 is 22.7 Å². The van der Waals surface area contributed by atoms with Crippen LogP contribution in [-0.4, -0.2) is 18.0 Å². The van der Waals surface area contributed by atoms with Crippen LogP contribution in [0, 0.1) is 0 Å². The quantitative estimate of drug-likeness (QED) is 0.787. The third kappa shape index (κ3) is 3.12. The number of thiazole rings is 1. The SMILES string of the molecule is COc1cccc(-c2csc(NC(=O)c3ccsc3)n2)c1. The number of methoxy groups -OCH3 is 1. The van der Waals surface area contributed by atoms with Crippen LogP contribution in [0.2, 0.25) is 0 Å². The van der Waals surface area contributed by atoms with Crippen LogP contribution in [-0.2, 0) is 0 Å². The van der Waals surface area contributed by atoms with Crippen LogP contribution in [0.5, 0.6) is 5.75 Å². The largest absolute Gasteiger partial charge is 0.497 e. The number of rotatable bonds is 4. The van der Waals surface area contributed by atoms with Gasteiger partial charge in [-0.25, -0.2) is 4.98 Å². The molecule has 1 aromatic carbocycles. The molecule has 3 aromatic rings. The fourth-order valence-corrected chi connectivity index (χ4v) is 3.16. The van der Waals surface area contributed by atoms with Gasteiger partial charge in [-0.15, -0.1) is 11.3 Å². The number of carbonyl (C=O) groups excluding carboxylic acids is 1. The Morgan fingerprint density at radius 2 is 2.19 bits per heavy atom. The minimum atomic E-state index is -0.136. The molecule has 0 aliphatic rings. The van der Waals surface area contributed by atoms with Gasteiger partial charge in [0.05, 0.1) is 18.4 Å². The van der Waals surface area contributed by atoms with E-state index in [2.05, 4.69) is 10.3 Å². The van der Waals surface area contributed by atoms with Crippen LogP contribution < -0.4 is 10.1 Å². The van der Waals surface area contributed by atoms with E-state index in [1.54, 1.807) is 13.2 Å². The minimum absolute atomic E-state index is 0.136. The van der Waals surface area contributed by atoms with Crippen LogP contribution in [0.15, 0.2) is 46.5 Å². The predicted octanol–water partition coefficient (Wildman–Crippen LogP) is 4.13. The zero-order valence-electron chi connectivity index (χ0n) is 11.2. The minimum Gasteiger partial charge on any atom is -0.497 e. The Hall–Kier alpha value is -2.18. The highest BCUT2D eigenvalue weighted by molar-refractivity contribution is 7.14. The van der Waals surface area contributed by atoms with E-state index in [1.165, 1.54) is 22.7 Å². The summed E-state index contributed by atoms with van der Waals surface area (Å²) in [7, 11) is 1.63. The highest BCUT2D eigenvalue weighted by Gasteiger charge is 2.10. The highest BCUT2D eigenvalue weighted by Crippen LogP contribution is 2.27. The van der Waals surface area contributed by atoms with Gasteiger partial charge in [0.15, 0.2) is 5.13 Å². The number of nitrogens with one attached hydrogen (secondary N) is 1. The molecule has 0 radical (unpaired) electrons. The summed E-state index contributed by atoms with van der Waals surface area (Å²) in [5.41, 5.74) is 2.43. The van der Waals surface area contributed by atoms with Crippen molar-refractivity contribution in [2.45, 2.75) is 0 Å². The van der Waals surface area contributed by atoms with Gasteiger partial charge in [-0.05, 0) is 23.6 Å². The molecule has 0 aliphatic heterocycles. The second kappa shape index (κ2) is 6.07. The van der Waals surface area contributed by atoms with Crippen LogP contribution in [0.3, 0.4) is 0 Å². The topological polar surface area (TPSA) is 51.2 Å². The number of hydrogen-bond donors (Lipinski definition) is 1. The number of thiophene rings is 1. The molecule has 0 saturated carbocycles. The van der Waals surface area contributed by atoms with Crippen molar-refractivity contribution < 1.29 is 9.53 Å². The van der Waals surface area contributed by atoms with Crippen molar-refractivity contribution in [3.8, 4) is 17.0 Å². The van der Waals surface area contributed by atoms with Crippen molar-refractivity contribution in [1.29, 1.82) is 0 Å². The van der Waals surface area contributed by atoms with Crippen molar-refractivity contribution in [2.75, 3.05) is 12.4 Å². The molecule has 0 aliphatic carbocycles. The van der Waals surface area contributed by atoms with E-state index in [0.29, 0.717) is 10.7 Å². The molecule has 4 nitrogen and oxygen atoms in total. The van der Waals surface area contributed by atoms with Gasteiger partial charge in [0.1, 0.15) is 5.75 Å². The lowest BCUT2D eigenvalue weighted by atomic mass is 10.2. The van der Waals surface area contributed by atoms with Gasteiger partial charge >= 0.3 is 0 Å². The first-order valence-corrected chi connectivity index (χ1v) is 8.02. The van der Waals surface area contributed by atoms with Crippen LogP contribution in [0.4, 0.5) is 5.13 Å². The Bertz CT molecular complexity index is 751. The summed E-state index contributed by atoms with van der Waals surface area (Å²) < 4.78 is 5.20. The number of amides is 1. The lowest BCUT2D eigenvalue weighted by Gasteiger charge is -2.01. The first-order valence-electron chi connectivity index (χ1n) is 6.20. The molecule has 2 aromatic heterocycles. The van der Waals surface area contributed by atoms with Crippen molar-refractivity contribution >= 4 is 33.7 Å². The number of anilines is 1. The zero-order valence-corrected chi connectivity index (χ0v) is 12.8. The average molecular weight is 316 g/mol. The Morgan fingerprint density at radius 1 is 1.29 bits per heavy atom. The Morgan fingerprint density at radius 3 is 2.95 bits per heavy atom. The van der Waals surface area contributed by atoms with Crippen molar-refractivity contribution in [3.05, 3.63) is 52.0 Å². The number of ether oxygens (including phenoxy) is 1. The summed E-state index contributed by atoms with van der Waals surface area (Å²) in [4.78, 5) is 16.4. The van der Waals surface area contributed by atoms with Crippen molar-refractivity contribution in [1.82, 2.24) is 4.98 Å².